The van der Waals surface area contributed by atoms with E-state index in [2.05, 4.69) is 5.10 Å². The first-order valence-electron chi connectivity index (χ1n) is 8.21. The average Bonchev–Trinajstić information content (AvgIpc) is 3.34. The Morgan fingerprint density at radius 2 is 2.04 bits per heavy atom. The van der Waals surface area contributed by atoms with E-state index in [1.807, 2.05) is 48.9 Å². The van der Waals surface area contributed by atoms with E-state index in [-0.39, 0.29) is 5.91 Å². The van der Waals surface area contributed by atoms with Crippen LogP contribution in [0, 0.1) is 0 Å². The van der Waals surface area contributed by atoms with Gasteiger partial charge in [0.15, 0.2) is 5.69 Å². The lowest BCUT2D eigenvalue weighted by Crippen LogP contribution is -2.30. The number of methoxy groups -OCH3 is 1. The fourth-order valence-corrected chi connectivity index (χ4v) is 2.79. The van der Waals surface area contributed by atoms with Gasteiger partial charge in [0.2, 0.25) is 0 Å². The van der Waals surface area contributed by atoms with Crippen molar-refractivity contribution in [2.24, 2.45) is 0 Å². The quantitative estimate of drug-likeness (QED) is 0.822. The number of hydrogen-bond donors (Lipinski definition) is 0. The average molecular weight is 313 g/mol. The van der Waals surface area contributed by atoms with Crippen LogP contribution in [0.1, 0.15) is 48.8 Å². The number of rotatable bonds is 6. The first-order valence-corrected chi connectivity index (χ1v) is 8.21. The van der Waals surface area contributed by atoms with Crippen LogP contribution in [0.25, 0.3) is 5.69 Å². The van der Waals surface area contributed by atoms with E-state index in [0.717, 1.165) is 30.0 Å². The Morgan fingerprint density at radius 1 is 1.30 bits per heavy atom. The molecule has 0 N–H and O–H groups in total. The number of amides is 1. The van der Waals surface area contributed by atoms with E-state index < -0.39 is 0 Å². The summed E-state index contributed by atoms with van der Waals surface area (Å²) in [7, 11) is 1.65. The number of aromatic nitrogens is 2. The van der Waals surface area contributed by atoms with Gasteiger partial charge in [-0.2, -0.15) is 5.10 Å². The Hall–Kier alpha value is -2.30. The number of hydrogen-bond acceptors (Lipinski definition) is 3. The van der Waals surface area contributed by atoms with Gasteiger partial charge in [-0.15, -0.1) is 0 Å². The van der Waals surface area contributed by atoms with Crippen LogP contribution in [0.5, 0.6) is 5.75 Å². The lowest BCUT2D eigenvalue weighted by molar-refractivity contribution is 0.0766. The standard InChI is InChI=1S/C18H23N3O2/c1-4-20(5-2)18(22)16-12-17(13-9-10-13)21(19-16)14-7-6-8-15(11-14)23-3/h6-8,11-13H,4-5,9-10H2,1-3H3. The van der Waals surface area contributed by atoms with E-state index in [1.165, 1.54) is 0 Å². The van der Waals surface area contributed by atoms with E-state index in [4.69, 9.17) is 4.74 Å². The van der Waals surface area contributed by atoms with Gasteiger partial charge in [0.25, 0.3) is 5.91 Å². The van der Waals surface area contributed by atoms with Gasteiger partial charge >= 0.3 is 0 Å². The summed E-state index contributed by atoms with van der Waals surface area (Å²) in [5.41, 5.74) is 2.58. The van der Waals surface area contributed by atoms with Gasteiger partial charge < -0.3 is 9.64 Å². The fraction of sp³-hybridized carbons (Fsp3) is 0.444. The number of benzene rings is 1. The molecule has 23 heavy (non-hydrogen) atoms. The summed E-state index contributed by atoms with van der Waals surface area (Å²) in [6.07, 6.45) is 2.32. The summed E-state index contributed by atoms with van der Waals surface area (Å²) in [4.78, 5) is 14.4. The molecule has 5 heteroatoms. The molecular weight excluding hydrogens is 290 g/mol. The normalized spacial score (nSPS) is 13.9. The molecule has 1 fully saturated rings. The summed E-state index contributed by atoms with van der Waals surface area (Å²) < 4.78 is 7.20. The SMILES string of the molecule is CCN(CC)C(=O)c1cc(C2CC2)n(-c2cccc(OC)c2)n1. The summed E-state index contributed by atoms with van der Waals surface area (Å²) in [6.45, 7) is 5.37. The van der Waals surface area contributed by atoms with Crippen molar-refractivity contribution in [2.75, 3.05) is 20.2 Å². The maximum absolute atomic E-state index is 12.6. The lowest BCUT2D eigenvalue weighted by atomic mass is 10.2. The molecule has 0 bridgehead atoms. The van der Waals surface area contributed by atoms with Crippen LogP contribution in [0.2, 0.25) is 0 Å². The van der Waals surface area contributed by atoms with Crippen LogP contribution >= 0.6 is 0 Å². The van der Waals surface area contributed by atoms with Crippen molar-refractivity contribution in [2.45, 2.75) is 32.6 Å². The second-order valence-corrected chi connectivity index (χ2v) is 5.82. The highest BCUT2D eigenvalue weighted by Gasteiger charge is 2.30. The minimum absolute atomic E-state index is 0.00135. The third-order valence-electron chi connectivity index (χ3n) is 4.30. The summed E-state index contributed by atoms with van der Waals surface area (Å²) in [5.74, 6) is 1.29. The van der Waals surface area contributed by atoms with Crippen molar-refractivity contribution < 1.29 is 9.53 Å². The molecular formula is C18H23N3O2. The van der Waals surface area contributed by atoms with Gasteiger partial charge in [-0.1, -0.05) is 6.07 Å². The first kappa shape index (κ1) is 15.6. The number of carbonyl (C=O) groups is 1. The van der Waals surface area contributed by atoms with E-state index in [1.54, 1.807) is 12.0 Å². The van der Waals surface area contributed by atoms with Gasteiger partial charge in [-0.3, -0.25) is 4.79 Å². The molecule has 0 aliphatic heterocycles. The van der Waals surface area contributed by atoms with Crippen molar-refractivity contribution in [3.8, 4) is 11.4 Å². The summed E-state index contributed by atoms with van der Waals surface area (Å²) in [6, 6.07) is 9.75. The molecule has 0 spiro atoms. The van der Waals surface area contributed by atoms with Gasteiger partial charge in [0.05, 0.1) is 12.8 Å². The zero-order chi connectivity index (χ0) is 16.4. The third kappa shape index (κ3) is 3.09. The Bertz CT molecular complexity index is 700. The van der Waals surface area contributed by atoms with Crippen LogP contribution in [-0.4, -0.2) is 40.8 Å². The molecule has 0 unspecified atom stereocenters. The molecule has 0 saturated heterocycles. The number of ether oxygens (including phenoxy) is 1. The zero-order valence-corrected chi connectivity index (χ0v) is 14.0. The number of carbonyl (C=O) groups excluding carboxylic acids is 1. The first-order chi connectivity index (χ1) is 11.2. The Balaban J connectivity index is 2.01. The van der Waals surface area contributed by atoms with E-state index in [9.17, 15) is 4.79 Å². The predicted molar refractivity (Wildman–Crippen MR) is 89.3 cm³/mol. The monoisotopic (exact) mass is 313 g/mol. The molecule has 1 aliphatic rings. The maximum Gasteiger partial charge on any atom is 0.274 e. The van der Waals surface area contributed by atoms with Gasteiger partial charge in [0.1, 0.15) is 5.75 Å². The van der Waals surface area contributed by atoms with Crippen molar-refractivity contribution in [1.29, 1.82) is 0 Å². The van der Waals surface area contributed by atoms with Crippen molar-refractivity contribution in [1.82, 2.24) is 14.7 Å². The summed E-state index contributed by atoms with van der Waals surface area (Å²) in [5, 5.41) is 4.60. The Morgan fingerprint density at radius 3 is 2.65 bits per heavy atom. The Labute approximate surface area is 136 Å². The van der Waals surface area contributed by atoms with E-state index in [0.29, 0.717) is 24.7 Å². The van der Waals surface area contributed by atoms with Gasteiger partial charge in [-0.25, -0.2) is 4.68 Å². The molecule has 1 aromatic heterocycles. The summed E-state index contributed by atoms with van der Waals surface area (Å²) >= 11 is 0. The predicted octanol–water partition coefficient (Wildman–Crippen LogP) is 3.24. The molecule has 1 aliphatic carbocycles. The highest BCUT2D eigenvalue weighted by molar-refractivity contribution is 5.92. The molecule has 1 heterocycles. The minimum atomic E-state index is -0.00135. The van der Waals surface area contributed by atoms with Crippen LogP contribution in [0.3, 0.4) is 0 Å². The van der Waals surface area contributed by atoms with Crippen molar-refractivity contribution in [3.05, 3.63) is 41.7 Å². The van der Waals surface area contributed by atoms with Crippen molar-refractivity contribution in [3.63, 3.8) is 0 Å². The molecule has 3 rings (SSSR count). The second kappa shape index (κ2) is 6.44. The highest BCUT2D eigenvalue weighted by Crippen LogP contribution is 2.41. The third-order valence-corrected chi connectivity index (χ3v) is 4.30. The minimum Gasteiger partial charge on any atom is -0.497 e. The lowest BCUT2D eigenvalue weighted by Gasteiger charge is -2.16. The fourth-order valence-electron chi connectivity index (χ4n) is 2.79. The van der Waals surface area contributed by atoms with Gasteiger partial charge in [0, 0.05) is 30.8 Å². The second-order valence-electron chi connectivity index (χ2n) is 5.82. The van der Waals surface area contributed by atoms with Crippen LogP contribution < -0.4 is 4.74 Å². The molecule has 1 saturated carbocycles. The largest absolute Gasteiger partial charge is 0.497 e. The Kier molecular flexibility index (Phi) is 4.37. The molecule has 0 atom stereocenters. The molecule has 5 nitrogen and oxygen atoms in total. The molecule has 2 aromatic rings. The van der Waals surface area contributed by atoms with E-state index >= 15 is 0 Å². The molecule has 1 amide bonds. The molecule has 122 valence electrons. The maximum atomic E-state index is 12.6. The number of nitrogens with zero attached hydrogens (tertiary/aromatic N) is 3. The highest BCUT2D eigenvalue weighted by atomic mass is 16.5. The van der Waals surface area contributed by atoms with Crippen LogP contribution in [0.15, 0.2) is 30.3 Å². The smallest absolute Gasteiger partial charge is 0.274 e. The van der Waals surface area contributed by atoms with Crippen molar-refractivity contribution >= 4 is 5.91 Å². The van der Waals surface area contributed by atoms with Crippen LogP contribution in [0.4, 0.5) is 0 Å². The topological polar surface area (TPSA) is 47.4 Å². The molecule has 0 radical (unpaired) electrons. The van der Waals surface area contributed by atoms with Gasteiger partial charge in [-0.05, 0) is 44.9 Å². The molecule has 1 aromatic carbocycles. The zero-order valence-electron chi connectivity index (χ0n) is 14.0. The van der Waals surface area contributed by atoms with Crippen LogP contribution in [-0.2, 0) is 0 Å².